The fourth-order valence-electron chi connectivity index (χ4n) is 9.97. The van der Waals surface area contributed by atoms with E-state index in [1.807, 2.05) is 135 Å². The molecule has 11 aromatic rings. The first-order chi connectivity index (χ1) is 50.2. The number of nitrogens with one attached hydrogen (secondary N) is 2. The predicted octanol–water partition coefficient (Wildman–Crippen LogP) is 22.4. The Morgan fingerprint density at radius 1 is 0.453 bits per heavy atom. The van der Waals surface area contributed by atoms with E-state index in [-0.39, 0.29) is 5.56 Å². The first-order valence-electron chi connectivity index (χ1n) is 37.8. The van der Waals surface area contributed by atoms with Crippen molar-refractivity contribution in [1.29, 1.82) is 0 Å². The van der Waals surface area contributed by atoms with E-state index in [9.17, 15) is 4.79 Å². The van der Waals surface area contributed by atoms with Crippen molar-refractivity contribution in [3.63, 3.8) is 0 Å². The highest BCUT2D eigenvalue weighted by Gasteiger charge is 2.22. The molecule has 1 saturated heterocycles. The molecule has 0 radical (unpaired) electrons. The summed E-state index contributed by atoms with van der Waals surface area (Å²) in [4.78, 5) is 33.6. The lowest BCUT2D eigenvalue weighted by Gasteiger charge is -2.29. The van der Waals surface area contributed by atoms with Crippen molar-refractivity contribution < 1.29 is 4.74 Å². The van der Waals surface area contributed by atoms with Crippen LogP contribution in [0.4, 0.5) is 0 Å². The molecule has 16 nitrogen and oxygen atoms in total. The fourth-order valence-corrected chi connectivity index (χ4v) is 10.8. The van der Waals surface area contributed by atoms with Crippen LogP contribution in [0, 0.1) is 13.8 Å². The molecule has 2 N–H and O–H groups in total. The van der Waals surface area contributed by atoms with E-state index in [0.29, 0.717) is 77.0 Å². The SMILES string of the molecule is CC(C)c1ccc(=O)[nH]c1.CC(C)c1cccn1C.CC(C)c1cccnc1.CC(C)c1ccncc1.CC(C)c1ccnn1C.CC(C)c1ccnn1C1CNC1.CC(C)c1ccsc1.CC(C)c1cnn(C)c1.COc1cc(C(C)C)ccn1.Cc1ccc(C(C)C)cn1.Cc1ncccc1C(C)C. The van der Waals surface area contributed by atoms with Crippen molar-refractivity contribution in [3.8, 4) is 5.88 Å². The third kappa shape index (κ3) is 37.4. The number of thiophene rings is 1. The number of methoxy groups -OCH3 is 1. The zero-order valence-electron chi connectivity index (χ0n) is 69.9. The lowest BCUT2D eigenvalue weighted by Crippen LogP contribution is -2.44. The molecular formula is C89H134N14O2S. The van der Waals surface area contributed by atoms with Crippen molar-refractivity contribution in [1.82, 2.24) is 69.1 Å². The monoisotopic (exact) mass is 1460 g/mol. The van der Waals surface area contributed by atoms with Crippen LogP contribution in [-0.4, -0.2) is 84.0 Å². The van der Waals surface area contributed by atoms with Crippen molar-refractivity contribution in [3.05, 3.63) is 278 Å². The van der Waals surface area contributed by atoms with Gasteiger partial charge in [-0.3, -0.25) is 38.8 Å². The fraction of sp³-hybridized carbons (Fsp3) is 0.472. The summed E-state index contributed by atoms with van der Waals surface area (Å²) in [5.41, 5.74) is 16.7. The van der Waals surface area contributed by atoms with Gasteiger partial charge in [0.25, 0.3) is 0 Å². The summed E-state index contributed by atoms with van der Waals surface area (Å²) in [5.74, 6) is 7.20. The maximum Gasteiger partial charge on any atom is 0.247 e. The van der Waals surface area contributed by atoms with Crippen LogP contribution in [0.25, 0.3) is 0 Å². The van der Waals surface area contributed by atoms with Crippen LogP contribution in [0.2, 0.25) is 0 Å². The molecule has 17 heteroatoms. The maximum atomic E-state index is 10.6. The number of aromatic amines is 1. The van der Waals surface area contributed by atoms with Gasteiger partial charge in [-0.25, -0.2) is 4.98 Å². The number of hydrogen-bond donors (Lipinski definition) is 2. The number of aromatic nitrogens is 13. The highest BCUT2D eigenvalue weighted by molar-refractivity contribution is 7.08. The maximum absolute atomic E-state index is 10.6. The molecule has 1 aliphatic rings. The van der Waals surface area contributed by atoms with E-state index in [1.165, 1.54) is 61.6 Å². The van der Waals surface area contributed by atoms with Gasteiger partial charge in [0.15, 0.2) is 0 Å². The molecule has 106 heavy (non-hydrogen) atoms. The van der Waals surface area contributed by atoms with E-state index in [2.05, 4.69) is 292 Å². The minimum Gasteiger partial charge on any atom is -0.481 e. The molecule has 1 fully saturated rings. The number of hydrogen-bond acceptors (Lipinski definition) is 12. The van der Waals surface area contributed by atoms with E-state index in [1.54, 1.807) is 43.1 Å². The summed E-state index contributed by atoms with van der Waals surface area (Å²) in [7, 11) is 7.61. The standard InChI is InChI=1S/C9H15N3.C9H13NO.2C9H13N.C8H11NO.C8H13N.2C8H11N.2C7H12N2.C7H10S/c1-7(2)9-3-4-11-12(9)8-5-10-6-8;1-7(2)8-4-5-10-9(6-8)11-3;1-7(2)9-5-4-8(3)10-6-9;1-7(2)9-5-4-6-10-8(9)3;1-6(2)7-3-4-8(10)9-5-7;1-7(2)8-5-4-6-9(8)3;1-7(2)8-3-5-9-6-4-8;1-7(2)8-4-3-5-9-6-8;1-6(2)7-4-8-9(3)5-7;1-6(2)7-4-5-8-9(7)3;1-6(2)7-3-4-8-5-7/h3-4,7-8,10H,5-6H2,1-2H3;4-7H,1-3H3;2*4-7H,1-3H3;3-6H,1-2H3,(H,9,10);4-7H,1-3H3;2*3-7H,1-2H3;2*4-6H,1-3H3;3-6H,1-2H3. The van der Waals surface area contributed by atoms with Crippen LogP contribution in [0.5, 0.6) is 5.88 Å². The molecule has 0 aromatic carbocycles. The zero-order valence-corrected chi connectivity index (χ0v) is 70.7. The van der Waals surface area contributed by atoms with Gasteiger partial charge in [-0.2, -0.15) is 26.6 Å². The molecule has 12 rings (SSSR count). The Balaban J connectivity index is 0.000000397. The van der Waals surface area contributed by atoms with Crippen molar-refractivity contribution >= 4 is 11.3 Å². The molecule has 0 unspecified atom stereocenters. The van der Waals surface area contributed by atoms with E-state index >= 15 is 0 Å². The molecule has 0 spiro atoms. The van der Waals surface area contributed by atoms with Gasteiger partial charge in [0.1, 0.15) is 0 Å². The lowest BCUT2D eigenvalue weighted by atomic mass is 10.0. The van der Waals surface area contributed by atoms with E-state index < -0.39 is 0 Å². The van der Waals surface area contributed by atoms with Crippen molar-refractivity contribution in [2.24, 2.45) is 21.1 Å². The quantitative estimate of drug-likeness (QED) is 0.112. The smallest absolute Gasteiger partial charge is 0.247 e. The molecule has 0 atom stereocenters. The highest BCUT2D eigenvalue weighted by atomic mass is 32.1. The van der Waals surface area contributed by atoms with Gasteiger partial charge in [0, 0.05) is 149 Å². The van der Waals surface area contributed by atoms with Crippen LogP contribution in [0.15, 0.2) is 199 Å². The number of nitrogens with zero attached hydrogens (tertiary/aromatic N) is 12. The van der Waals surface area contributed by atoms with Gasteiger partial charge in [0.05, 0.1) is 19.3 Å². The highest BCUT2D eigenvalue weighted by Crippen LogP contribution is 2.22. The second-order valence-corrected chi connectivity index (χ2v) is 30.5. The second kappa shape index (κ2) is 51.3. The lowest BCUT2D eigenvalue weighted by molar-refractivity contribution is 0.308. The third-order valence-electron chi connectivity index (χ3n) is 17.1. The number of pyridine rings is 6. The molecule has 0 saturated carbocycles. The molecule has 11 aromatic heterocycles. The number of aryl methyl sites for hydroxylation is 5. The average Bonchev–Trinajstić information content (AvgIpc) is 1.67. The molecule has 0 amide bonds. The summed E-state index contributed by atoms with van der Waals surface area (Å²) in [6, 6.07) is 35.0. The molecule has 0 bridgehead atoms. The van der Waals surface area contributed by atoms with Crippen LogP contribution in [0.3, 0.4) is 0 Å². The van der Waals surface area contributed by atoms with Gasteiger partial charge < -0.3 is 19.6 Å². The summed E-state index contributed by atoms with van der Waals surface area (Å²) in [6.45, 7) is 54.0. The Bertz CT molecular complexity index is 3910. The summed E-state index contributed by atoms with van der Waals surface area (Å²) in [6.07, 6.45) is 24.4. The largest absolute Gasteiger partial charge is 0.481 e. The van der Waals surface area contributed by atoms with Crippen LogP contribution in [-0.2, 0) is 21.1 Å². The van der Waals surface area contributed by atoms with Crippen molar-refractivity contribution in [2.75, 3.05) is 20.2 Å². The first-order valence-corrected chi connectivity index (χ1v) is 38.8. The first kappa shape index (κ1) is 93.2. The van der Waals surface area contributed by atoms with E-state index in [4.69, 9.17) is 4.74 Å². The van der Waals surface area contributed by atoms with E-state index in [0.717, 1.165) is 24.5 Å². The molecule has 578 valence electrons. The predicted molar refractivity (Wildman–Crippen MR) is 450 cm³/mol. The van der Waals surface area contributed by atoms with Gasteiger partial charge in [0.2, 0.25) is 11.4 Å². The number of rotatable bonds is 13. The van der Waals surface area contributed by atoms with Crippen LogP contribution in [0.1, 0.15) is 296 Å². The average molecular weight is 1460 g/mol. The normalized spacial score (nSPS) is 11.3. The Morgan fingerprint density at radius 2 is 1.02 bits per heavy atom. The zero-order chi connectivity index (χ0) is 79.4. The Labute approximate surface area is 643 Å². The van der Waals surface area contributed by atoms with Gasteiger partial charge in [-0.15, -0.1) is 0 Å². The van der Waals surface area contributed by atoms with Crippen LogP contribution >= 0.6 is 11.3 Å². The molecule has 0 aliphatic carbocycles. The van der Waals surface area contributed by atoms with Gasteiger partial charge >= 0.3 is 0 Å². The minimum atomic E-state index is -0.0376. The summed E-state index contributed by atoms with van der Waals surface area (Å²) >= 11 is 1.77. The van der Waals surface area contributed by atoms with Gasteiger partial charge in [-0.1, -0.05) is 177 Å². The summed E-state index contributed by atoms with van der Waals surface area (Å²) < 4.78 is 13.0. The molecule has 12 heterocycles. The molecular weight excluding hydrogens is 1330 g/mol. The molecule has 1 aliphatic heterocycles. The number of ether oxygens (including phenoxy) is 1. The van der Waals surface area contributed by atoms with Gasteiger partial charge in [-0.05, 0) is 201 Å². The minimum absolute atomic E-state index is 0.0376. The second-order valence-electron chi connectivity index (χ2n) is 29.7. The topological polar surface area (TPSA) is 177 Å². The van der Waals surface area contributed by atoms with Crippen molar-refractivity contribution in [2.45, 2.75) is 237 Å². The van der Waals surface area contributed by atoms with Crippen LogP contribution < -0.4 is 15.6 Å². The Hall–Kier alpha value is -8.93. The number of H-pyrrole nitrogens is 1. The Kier molecular flexibility index (Phi) is 45.1. The Morgan fingerprint density at radius 3 is 1.38 bits per heavy atom. The third-order valence-corrected chi connectivity index (χ3v) is 17.8. The summed E-state index contributed by atoms with van der Waals surface area (Å²) in [5, 5.41) is 20.0.